The quantitative estimate of drug-likeness (QED) is 0.769. The summed E-state index contributed by atoms with van der Waals surface area (Å²) in [5.74, 6) is -0.0468. The zero-order valence-corrected chi connectivity index (χ0v) is 14.6. The number of aromatic amines is 1. The first-order valence-corrected chi connectivity index (χ1v) is 8.55. The van der Waals surface area contributed by atoms with Crippen molar-refractivity contribution in [2.75, 3.05) is 6.54 Å². The van der Waals surface area contributed by atoms with Gasteiger partial charge in [0.05, 0.1) is 6.54 Å². The van der Waals surface area contributed by atoms with Crippen LogP contribution in [0.2, 0.25) is 0 Å². The van der Waals surface area contributed by atoms with Crippen LogP contribution in [0.25, 0.3) is 10.9 Å². The minimum Gasteiger partial charge on any atom is -0.334 e. The fraction of sp³-hybridized carbons (Fsp3) is 0.238. The molecule has 0 spiro atoms. The number of carbonyl (C=O) groups excluding carboxylic acids is 1. The lowest BCUT2D eigenvalue weighted by atomic mass is 10.1. The number of pyridine rings is 1. The van der Waals surface area contributed by atoms with Gasteiger partial charge in [0, 0.05) is 23.2 Å². The van der Waals surface area contributed by atoms with Crippen LogP contribution in [0.15, 0.2) is 59.4 Å². The van der Waals surface area contributed by atoms with Gasteiger partial charge in [0.25, 0.3) is 11.5 Å². The highest BCUT2D eigenvalue weighted by Gasteiger charge is 2.17. The van der Waals surface area contributed by atoms with E-state index in [-0.39, 0.29) is 11.5 Å². The second-order valence-electron chi connectivity index (χ2n) is 6.30. The second-order valence-corrected chi connectivity index (χ2v) is 6.30. The smallest absolute Gasteiger partial charge is 0.254 e. The molecule has 4 heteroatoms. The second kappa shape index (κ2) is 7.34. The van der Waals surface area contributed by atoms with E-state index < -0.39 is 0 Å². The van der Waals surface area contributed by atoms with E-state index in [1.807, 2.05) is 68.4 Å². The molecule has 1 N–H and O–H groups in total. The molecule has 3 aromatic rings. The third kappa shape index (κ3) is 3.79. The highest BCUT2D eigenvalue weighted by atomic mass is 16.2. The van der Waals surface area contributed by atoms with Crippen molar-refractivity contribution in [1.82, 2.24) is 9.88 Å². The standard InChI is InChI=1S/C21H22N2O2/c1-3-12-23(21(25)16-10-8-15(2)9-11-16)14-18-13-17-6-4-5-7-19(17)22-20(18)24/h4-11,13H,3,12,14H2,1-2H3,(H,22,24). The number of aromatic nitrogens is 1. The van der Waals surface area contributed by atoms with E-state index in [0.29, 0.717) is 24.2 Å². The Bertz CT molecular complexity index is 942. The van der Waals surface area contributed by atoms with Gasteiger partial charge < -0.3 is 9.88 Å². The number of hydrogen-bond donors (Lipinski definition) is 1. The topological polar surface area (TPSA) is 53.2 Å². The maximum Gasteiger partial charge on any atom is 0.254 e. The van der Waals surface area contributed by atoms with E-state index >= 15 is 0 Å². The number of para-hydroxylation sites is 1. The molecule has 1 aromatic heterocycles. The number of H-pyrrole nitrogens is 1. The molecule has 0 bridgehead atoms. The summed E-state index contributed by atoms with van der Waals surface area (Å²) in [6, 6.07) is 17.1. The number of hydrogen-bond acceptors (Lipinski definition) is 2. The molecule has 0 aliphatic heterocycles. The Morgan fingerprint density at radius 3 is 2.52 bits per heavy atom. The molecule has 1 heterocycles. The summed E-state index contributed by atoms with van der Waals surface area (Å²) in [5.41, 5.74) is 3.04. The van der Waals surface area contributed by atoms with Gasteiger partial charge >= 0.3 is 0 Å². The van der Waals surface area contributed by atoms with Crippen LogP contribution in [0.3, 0.4) is 0 Å². The normalized spacial score (nSPS) is 10.8. The Hall–Kier alpha value is -2.88. The Morgan fingerprint density at radius 1 is 1.08 bits per heavy atom. The van der Waals surface area contributed by atoms with E-state index in [1.165, 1.54) is 0 Å². The van der Waals surface area contributed by atoms with Crippen LogP contribution >= 0.6 is 0 Å². The Labute approximate surface area is 147 Å². The SMILES string of the molecule is CCCN(Cc1cc2ccccc2[nH]c1=O)C(=O)c1ccc(C)cc1. The fourth-order valence-electron chi connectivity index (χ4n) is 2.92. The van der Waals surface area contributed by atoms with Crippen LogP contribution in [0.4, 0.5) is 0 Å². The molecule has 3 rings (SSSR count). The molecular formula is C21H22N2O2. The van der Waals surface area contributed by atoms with E-state index in [4.69, 9.17) is 0 Å². The number of amides is 1. The number of fused-ring (bicyclic) bond motifs is 1. The molecule has 2 aromatic carbocycles. The van der Waals surface area contributed by atoms with Gasteiger partial charge in [-0.1, -0.05) is 42.8 Å². The van der Waals surface area contributed by atoms with E-state index in [9.17, 15) is 9.59 Å². The molecule has 0 aliphatic rings. The molecule has 4 nitrogen and oxygen atoms in total. The Balaban J connectivity index is 1.91. The Morgan fingerprint density at radius 2 is 1.80 bits per heavy atom. The van der Waals surface area contributed by atoms with Crippen molar-refractivity contribution < 1.29 is 4.79 Å². The molecule has 0 saturated carbocycles. The van der Waals surface area contributed by atoms with Crippen molar-refractivity contribution in [3.63, 3.8) is 0 Å². The van der Waals surface area contributed by atoms with Crippen molar-refractivity contribution in [2.45, 2.75) is 26.8 Å². The van der Waals surface area contributed by atoms with Crippen LogP contribution in [0, 0.1) is 6.92 Å². The van der Waals surface area contributed by atoms with Crippen LogP contribution in [-0.2, 0) is 6.54 Å². The molecule has 0 saturated heterocycles. The predicted molar refractivity (Wildman–Crippen MR) is 101 cm³/mol. The van der Waals surface area contributed by atoms with Gasteiger partial charge in [-0.05, 0) is 43.0 Å². The largest absolute Gasteiger partial charge is 0.334 e. The summed E-state index contributed by atoms with van der Waals surface area (Å²) in [6.45, 7) is 4.94. The van der Waals surface area contributed by atoms with Gasteiger partial charge in [-0.3, -0.25) is 9.59 Å². The molecule has 128 valence electrons. The number of aryl methyl sites for hydroxylation is 1. The molecule has 0 atom stereocenters. The molecule has 0 radical (unpaired) electrons. The van der Waals surface area contributed by atoms with E-state index in [1.54, 1.807) is 4.90 Å². The third-order valence-corrected chi connectivity index (χ3v) is 4.27. The highest BCUT2D eigenvalue weighted by molar-refractivity contribution is 5.94. The lowest BCUT2D eigenvalue weighted by molar-refractivity contribution is 0.0742. The zero-order chi connectivity index (χ0) is 17.8. The highest BCUT2D eigenvalue weighted by Crippen LogP contribution is 2.14. The van der Waals surface area contributed by atoms with Crippen LogP contribution in [0.1, 0.15) is 34.8 Å². The third-order valence-electron chi connectivity index (χ3n) is 4.27. The van der Waals surface area contributed by atoms with Gasteiger partial charge in [-0.25, -0.2) is 0 Å². The number of nitrogens with zero attached hydrogens (tertiary/aromatic N) is 1. The molecule has 0 fully saturated rings. The lowest BCUT2D eigenvalue weighted by Crippen LogP contribution is -2.33. The van der Waals surface area contributed by atoms with Crippen molar-refractivity contribution in [3.8, 4) is 0 Å². The maximum atomic E-state index is 12.8. The molecule has 1 amide bonds. The summed E-state index contributed by atoms with van der Waals surface area (Å²) in [4.78, 5) is 29.9. The molecular weight excluding hydrogens is 312 g/mol. The fourth-order valence-corrected chi connectivity index (χ4v) is 2.92. The van der Waals surface area contributed by atoms with E-state index in [2.05, 4.69) is 4.98 Å². The van der Waals surface area contributed by atoms with E-state index in [0.717, 1.165) is 22.9 Å². The molecule has 0 aliphatic carbocycles. The number of nitrogens with one attached hydrogen (secondary N) is 1. The summed E-state index contributed by atoms with van der Waals surface area (Å²) in [5, 5.41) is 0.969. The number of benzene rings is 2. The van der Waals surface area contributed by atoms with Crippen molar-refractivity contribution in [3.05, 3.63) is 81.6 Å². The van der Waals surface area contributed by atoms with Gasteiger partial charge in [0.15, 0.2) is 0 Å². The summed E-state index contributed by atoms with van der Waals surface area (Å²) in [6.07, 6.45) is 0.836. The van der Waals surface area contributed by atoms with Crippen molar-refractivity contribution in [2.24, 2.45) is 0 Å². The van der Waals surface area contributed by atoms with Gasteiger partial charge in [-0.15, -0.1) is 0 Å². The number of carbonyl (C=O) groups is 1. The first-order chi connectivity index (χ1) is 12.1. The zero-order valence-electron chi connectivity index (χ0n) is 14.6. The average molecular weight is 334 g/mol. The lowest BCUT2D eigenvalue weighted by Gasteiger charge is -2.22. The monoisotopic (exact) mass is 334 g/mol. The van der Waals surface area contributed by atoms with Crippen LogP contribution in [0.5, 0.6) is 0 Å². The summed E-state index contributed by atoms with van der Waals surface area (Å²) < 4.78 is 0. The minimum absolute atomic E-state index is 0.0468. The minimum atomic E-state index is -0.142. The van der Waals surface area contributed by atoms with Crippen molar-refractivity contribution in [1.29, 1.82) is 0 Å². The first-order valence-electron chi connectivity index (χ1n) is 8.55. The van der Waals surface area contributed by atoms with Crippen molar-refractivity contribution >= 4 is 16.8 Å². The van der Waals surface area contributed by atoms with Crippen LogP contribution in [-0.4, -0.2) is 22.3 Å². The van der Waals surface area contributed by atoms with Gasteiger partial charge in [0.2, 0.25) is 0 Å². The molecule has 0 unspecified atom stereocenters. The van der Waals surface area contributed by atoms with Gasteiger partial charge in [-0.2, -0.15) is 0 Å². The van der Waals surface area contributed by atoms with Gasteiger partial charge in [0.1, 0.15) is 0 Å². The summed E-state index contributed by atoms with van der Waals surface area (Å²) >= 11 is 0. The number of rotatable bonds is 5. The predicted octanol–water partition coefficient (Wildman–Crippen LogP) is 3.89. The average Bonchev–Trinajstić information content (AvgIpc) is 2.62. The van der Waals surface area contributed by atoms with Crippen LogP contribution < -0.4 is 5.56 Å². The summed E-state index contributed by atoms with van der Waals surface area (Å²) in [7, 11) is 0. The Kier molecular flexibility index (Phi) is 4.98. The molecule has 25 heavy (non-hydrogen) atoms. The first kappa shape index (κ1) is 17.0. The maximum absolute atomic E-state index is 12.8.